The minimum atomic E-state index is -0.679. The fraction of sp³-hybridized carbons (Fsp3) is 0. The summed E-state index contributed by atoms with van der Waals surface area (Å²) < 4.78 is 3.19. The molecule has 0 amide bonds. The van der Waals surface area contributed by atoms with Gasteiger partial charge in [-0.15, -0.1) is 0 Å². The van der Waals surface area contributed by atoms with Gasteiger partial charge in [0, 0.05) is 6.20 Å². The second-order valence-corrected chi connectivity index (χ2v) is 2.83. The van der Waals surface area contributed by atoms with Gasteiger partial charge in [0.15, 0.2) is 5.65 Å². The van der Waals surface area contributed by atoms with Crippen LogP contribution < -0.4 is 11.1 Å². The Balaban J connectivity index is 0.000000337. The fourth-order valence-corrected chi connectivity index (χ4v) is 0.949. The summed E-state index contributed by atoms with van der Waals surface area (Å²) in [6, 6.07) is 3.34. The van der Waals surface area contributed by atoms with Crippen molar-refractivity contribution >= 4 is 34.9 Å². The van der Waals surface area contributed by atoms with Crippen LogP contribution in [0.4, 0.5) is 0 Å². The molecule has 0 aliphatic rings. The van der Waals surface area contributed by atoms with Crippen molar-refractivity contribution in [3.05, 3.63) is 39.0 Å². The van der Waals surface area contributed by atoms with Crippen molar-refractivity contribution in [1.29, 1.82) is 0 Å². The summed E-state index contributed by atoms with van der Waals surface area (Å²) in [5, 5.41) is 0. The highest BCUT2D eigenvalue weighted by Crippen LogP contribution is 1.97. The highest BCUT2D eigenvalue weighted by molar-refractivity contribution is 6.24. The smallest absolute Gasteiger partial charge is 0.315 e. The molecule has 0 radical (unpaired) electrons. The zero-order chi connectivity index (χ0) is 11.3. The molecule has 0 saturated carbocycles. The Kier molecular flexibility index (Phi) is 4.29. The van der Waals surface area contributed by atoms with Crippen molar-refractivity contribution < 1.29 is 3.84 Å². The van der Waals surface area contributed by atoms with Gasteiger partial charge >= 0.3 is 11.1 Å². The molecule has 0 unspecified atom stereocenters. The Morgan fingerprint density at radius 1 is 1.20 bits per heavy atom. The van der Waals surface area contributed by atoms with Crippen LogP contribution in [-0.2, 0) is 3.84 Å². The molecule has 0 aliphatic carbocycles. The molecule has 0 aromatic carbocycles. The third kappa shape index (κ3) is 3.05. The van der Waals surface area contributed by atoms with E-state index in [0.717, 1.165) is 0 Å². The van der Waals surface area contributed by atoms with Crippen molar-refractivity contribution in [3.8, 4) is 0 Å². The highest BCUT2D eigenvalue weighted by Gasteiger charge is 1.96. The lowest BCUT2D eigenvalue weighted by Gasteiger charge is -1.92. The summed E-state index contributed by atoms with van der Waals surface area (Å²) in [5.74, 6) is 0. The first kappa shape index (κ1) is 11.7. The molecule has 2 aromatic rings. The largest absolute Gasteiger partial charge is 0.315 e. The maximum atomic E-state index is 10.8. The van der Waals surface area contributed by atoms with E-state index in [4.69, 9.17) is 0 Å². The first-order chi connectivity index (χ1) is 7.19. The summed E-state index contributed by atoms with van der Waals surface area (Å²) in [5.41, 5.74) is -0.416. The monoisotopic (exact) mass is 249 g/mol. The molecule has 2 rings (SSSR count). The van der Waals surface area contributed by atoms with Gasteiger partial charge in [-0.1, -0.05) is 0 Å². The second-order valence-electron chi connectivity index (χ2n) is 2.37. The van der Waals surface area contributed by atoms with E-state index >= 15 is 0 Å². The van der Waals surface area contributed by atoms with Crippen molar-refractivity contribution in [2.24, 2.45) is 0 Å². The maximum absolute atomic E-state index is 10.8. The molecular formula is C7H5Cl2N3O3. The molecule has 2 aromatic heterocycles. The Morgan fingerprint density at radius 3 is 2.47 bits per heavy atom. The molecule has 15 heavy (non-hydrogen) atoms. The van der Waals surface area contributed by atoms with E-state index in [1.807, 2.05) is 0 Å². The van der Waals surface area contributed by atoms with Gasteiger partial charge < -0.3 is 9.97 Å². The molecule has 0 bridgehead atoms. The summed E-state index contributed by atoms with van der Waals surface area (Å²) >= 11 is 8.53. The topological polar surface area (TPSA) is 87.8 Å². The number of aromatic nitrogens is 3. The lowest BCUT2D eigenvalue weighted by atomic mass is 10.4. The predicted octanol–water partition coefficient (Wildman–Crippen LogP) is 0.922. The fourth-order valence-electron chi connectivity index (χ4n) is 0.949. The van der Waals surface area contributed by atoms with E-state index in [1.165, 1.54) is 6.20 Å². The van der Waals surface area contributed by atoms with Gasteiger partial charge in [-0.25, -0.2) is 4.98 Å². The van der Waals surface area contributed by atoms with Crippen LogP contribution in [0.15, 0.2) is 27.9 Å². The normalized spacial score (nSPS) is 9.47. The van der Waals surface area contributed by atoms with Crippen LogP contribution in [0.3, 0.4) is 0 Å². The predicted molar refractivity (Wildman–Crippen MR) is 55.8 cm³/mol. The van der Waals surface area contributed by atoms with Crippen molar-refractivity contribution in [2.45, 2.75) is 0 Å². The third-order valence-electron chi connectivity index (χ3n) is 1.49. The van der Waals surface area contributed by atoms with E-state index in [0.29, 0.717) is 11.2 Å². The lowest BCUT2D eigenvalue weighted by molar-refractivity contribution is 0.697. The first-order valence-electron chi connectivity index (χ1n) is 3.65. The number of nitrogens with zero attached hydrogens (tertiary/aromatic N) is 1. The summed E-state index contributed by atoms with van der Waals surface area (Å²) in [7, 11) is 0. The highest BCUT2D eigenvalue weighted by atomic mass is 35.6. The minimum Gasteiger partial charge on any atom is -0.315 e. The minimum absolute atomic E-state index is 0.391. The van der Waals surface area contributed by atoms with Gasteiger partial charge in [0.2, 0.25) is 0 Å². The lowest BCUT2D eigenvalue weighted by Crippen LogP contribution is -2.29. The average molecular weight is 250 g/mol. The van der Waals surface area contributed by atoms with Crippen LogP contribution in [0.2, 0.25) is 0 Å². The molecule has 0 aliphatic heterocycles. The van der Waals surface area contributed by atoms with Gasteiger partial charge in [-0.3, -0.25) is 9.59 Å². The van der Waals surface area contributed by atoms with E-state index in [2.05, 4.69) is 42.5 Å². The van der Waals surface area contributed by atoms with Crippen LogP contribution in [-0.4, -0.2) is 15.0 Å². The zero-order valence-corrected chi connectivity index (χ0v) is 8.67. The van der Waals surface area contributed by atoms with E-state index in [-0.39, 0.29) is 0 Å². The number of halogens is 2. The number of hydrogen-bond acceptors (Lipinski definition) is 4. The van der Waals surface area contributed by atoms with Gasteiger partial charge in [-0.05, 0) is 12.1 Å². The summed E-state index contributed by atoms with van der Waals surface area (Å²) in [4.78, 5) is 30.2. The first-order valence-corrected chi connectivity index (χ1v) is 4.27. The SMILES string of the molecule is ClOCl.O=c1[nH]c2cccnc2[nH]c1=O. The van der Waals surface area contributed by atoms with Crippen molar-refractivity contribution in [1.82, 2.24) is 15.0 Å². The maximum Gasteiger partial charge on any atom is 0.315 e. The van der Waals surface area contributed by atoms with Crippen LogP contribution in [0, 0.1) is 0 Å². The summed E-state index contributed by atoms with van der Waals surface area (Å²) in [6.07, 6.45) is 1.54. The molecular weight excluding hydrogens is 245 g/mol. The van der Waals surface area contributed by atoms with Gasteiger partial charge in [0.1, 0.15) is 0 Å². The number of fused-ring (bicyclic) bond motifs is 1. The average Bonchev–Trinajstić information content (AvgIpc) is 2.21. The van der Waals surface area contributed by atoms with Gasteiger partial charge in [0.05, 0.1) is 29.2 Å². The Hall–Kier alpha value is -1.37. The molecule has 80 valence electrons. The molecule has 6 nitrogen and oxygen atoms in total. The number of aromatic amines is 2. The molecule has 8 heteroatoms. The molecule has 0 spiro atoms. The molecule has 2 N–H and O–H groups in total. The number of pyridine rings is 1. The quantitative estimate of drug-likeness (QED) is 0.680. The molecule has 0 fully saturated rings. The van der Waals surface area contributed by atoms with E-state index in [9.17, 15) is 9.59 Å². The number of rotatable bonds is 0. The van der Waals surface area contributed by atoms with Gasteiger partial charge in [-0.2, -0.15) is 3.84 Å². The molecule has 0 saturated heterocycles. The Bertz CT molecular complexity index is 502. The molecule has 0 atom stereocenters. The Labute approximate surface area is 93.2 Å². The van der Waals surface area contributed by atoms with Crippen LogP contribution >= 0.6 is 23.7 Å². The van der Waals surface area contributed by atoms with E-state index < -0.39 is 11.1 Å². The summed E-state index contributed by atoms with van der Waals surface area (Å²) in [6.45, 7) is 0. The van der Waals surface area contributed by atoms with Crippen molar-refractivity contribution in [2.75, 3.05) is 0 Å². The number of nitrogens with one attached hydrogen (secondary N) is 2. The standard InChI is InChI=1S/C7H5N3O2.Cl2O/c11-6-7(12)10-5-4(9-6)2-1-3-8-5;1-3-2/h1-3H,(H,9,11)(H,8,10,12);. The number of hydrogen-bond donors (Lipinski definition) is 2. The van der Waals surface area contributed by atoms with Crippen LogP contribution in [0.1, 0.15) is 0 Å². The Morgan fingerprint density at radius 2 is 1.80 bits per heavy atom. The van der Waals surface area contributed by atoms with E-state index in [1.54, 1.807) is 12.1 Å². The zero-order valence-electron chi connectivity index (χ0n) is 7.16. The molecule has 2 heterocycles. The number of H-pyrrole nitrogens is 2. The third-order valence-corrected chi connectivity index (χ3v) is 1.49. The second kappa shape index (κ2) is 5.50. The van der Waals surface area contributed by atoms with Gasteiger partial charge in [0.25, 0.3) is 0 Å². The van der Waals surface area contributed by atoms with Crippen LogP contribution in [0.5, 0.6) is 0 Å². The van der Waals surface area contributed by atoms with Crippen molar-refractivity contribution in [3.63, 3.8) is 0 Å². The van der Waals surface area contributed by atoms with Crippen LogP contribution in [0.25, 0.3) is 11.2 Å².